The van der Waals surface area contributed by atoms with E-state index in [1.807, 2.05) is 36.1 Å². The molecule has 0 aliphatic heterocycles. The Morgan fingerprint density at radius 1 is 1.08 bits per heavy atom. The van der Waals surface area contributed by atoms with Crippen LogP contribution in [0.4, 0.5) is 10.1 Å². The Hall–Kier alpha value is -2.62. The Morgan fingerprint density at radius 2 is 1.81 bits per heavy atom. The number of halogens is 1. The Bertz CT molecular complexity index is 809. The summed E-state index contributed by atoms with van der Waals surface area (Å²) in [5, 5.41) is 8.15. The summed E-state index contributed by atoms with van der Waals surface area (Å²) in [4.78, 5) is 0. The van der Waals surface area contributed by atoms with E-state index in [9.17, 15) is 4.39 Å². The monoisotopic (exact) mass is 351 g/mol. The Balaban J connectivity index is 1.74. The number of hydrogen-bond acceptors (Lipinski definition) is 2. The van der Waals surface area contributed by atoms with Gasteiger partial charge < -0.3 is 5.32 Å². The third-order valence-electron chi connectivity index (χ3n) is 4.64. The summed E-state index contributed by atoms with van der Waals surface area (Å²) in [6.45, 7) is 2.11. The number of aryl methyl sites for hydroxylation is 3. The molecular formula is C22H26FN3. The molecule has 0 spiro atoms. The molecule has 0 aliphatic carbocycles. The summed E-state index contributed by atoms with van der Waals surface area (Å²) in [5.41, 5.74) is 4.57. The molecular weight excluding hydrogens is 325 g/mol. The van der Waals surface area contributed by atoms with Crippen LogP contribution in [0.15, 0.2) is 60.8 Å². The van der Waals surface area contributed by atoms with Crippen molar-refractivity contribution >= 4 is 5.69 Å². The number of rotatable bonds is 8. The number of nitrogens with zero attached hydrogens (tertiary/aromatic N) is 2. The van der Waals surface area contributed by atoms with E-state index in [1.165, 1.54) is 17.7 Å². The molecule has 1 atom stereocenters. The first-order valence-electron chi connectivity index (χ1n) is 9.24. The van der Waals surface area contributed by atoms with Crippen molar-refractivity contribution in [3.63, 3.8) is 0 Å². The summed E-state index contributed by atoms with van der Waals surface area (Å²) in [6, 6.07) is 17.5. The van der Waals surface area contributed by atoms with Crippen LogP contribution in [0.3, 0.4) is 0 Å². The van der Waals surface area contributed by atoms with Gasteiger partial charge in [-0.25, -0.2) is 4.39 Å². The van der Waals surface area contributed by atoms with Crippen LogP contribution in [0.2, 0.25) is 0 Å². The first-order valence-corrected chi connectivity index (χ1v) is 9.24. The zero-order chi connectivity index (χ0) is 18.4. The van der Waals surface area contributed by atoms with E-state index in [0.717, 1.165) is 42.6 Å². The van der Waals surface area contributed by atoms with Crippen molar-refractivity contribution in [3.05, 3.63) is 83.4 Å². The molecule has 3 rings (SSSR count). The predicted molar refractivity (Wildman–Crippen MR) is 105 cm³/mol. The number of nitrogens with one attached hydrogen (secondary N) is 1. The molecule has 1 aromatic heterocycles. The summed E-state index contributed by atoms with van der Waals surface area (Å²) in [5.74, 6) is -0.201. The topological polar surface area (TPSA) is 29.9 Å². The van der Waals surface area contributed by atoms with Gasteiger partial charge in [-0.05, 0) is 48.9 Å². The number of aromatic nitrogens is 2. The molecule has 4 heteroatoms. The highest BCUT2D eigenvalue weighted by molar-refractivity contribution is 5.48. The van der Waals surface area contributed by atoms with Gasteiger partial charge in [0.2, 0.25) is 0 Å². The zero-order valence-corrected chi connectivity index (χ0v) is 15.5. The second kappa shape index (κ2) is 8.65. The molecule has 1 heterocycles. The van der Waals surface area contributed by atoms with E-state index in [2.05, 4.69) is 41.6 Å². The molecule has 1 unspecified atom stereocenters. The van der Waals surface area contributed by atoms with Gasteiger partial charge in [0.15, 0.2) is 0 Å². The van der Waals surface area contributed by atoms with Crippen molar-refractivity contribution in [2.75, 3.05) is 5.32 Å². The lowest BCUT2D eigenvalue weighted by Gasteiger charge is -2.20. The van der Waals surface area contributed by atoms with E-state index < -0.39 is 0 Å². The van der Waals surface area contributed by atoms with Crippen molar-refractivity contribution in [1.29, 1.82) is 0 Å². The van der Waals surface area contributed by atoms with Gasteiger partial charge >= 0.3 is 0 Å². The smallest absolute Gasteiger partial charge is 0.123 e. The molecule has 0 amide bonds. The van der Waals surface area contributed by atoms with E-state index in [4.69, 9.17) is 0 Å². The van der Waals surface area contributed by atoms with Crippen LogP contribution >= 0.6 is 0 Å². The highest BCUT2D eigenvalue weighted by Crippen LogP contribution is 2.27. The Kier molecular flexibility index (Phi) is 6.05. The minimum atomic E-state index is -0.201. The maximum Gasteiger partial charge on any atom is 0.123 e. The van der Waals surface area contributed by atoms with Gasteiger partial charge in [0.25, 0.3) is 0 Å². The normalized spacial score (nSPS) is 12.1. The molecule has 136 valence electrons. The molecule has 2 aromatic carbocycles. The Labute approximate surface area is 154 Å². The standard InChI is InChI=1S/C22H26FN3/c1-3-20-22(16-26(2)25-20)24-21(18-12-14-19(23)15-13-18)11-7-10-17-8-5-4-6-9-17/h4-6,8-9,12-16,21,24H,3,7,10-11H2,1-2H3. The zero-order valence-electron chi connectivity index (χ0n) is 15.5. The van der Waals surface area contributed by atoms with E-state index in [-0.39, 0.29) is 11.9 Å². The second-order valence-corrected chi connectivity index (χ2v) is 6.64. The van der Waals surface area contributed by atoms with E-state index in [1.54, 1.807) is 0 Å². The van der Waals surface area contributed by atoms with Gasteiger partial charge in [-0.15, -0.1) is 0 Å². The summed E-state index contributed by atoms with van der Waals surface area (Å²) in [6.07, 6.45) is 5.96. The molecule has 3 nitrogen and oxygen atoms in total. The summed E-state index contributed by atoms with van der Waals surface area (Å²) >= 11 is 0. The third-order valence-corrected chi connectivity index (χ3v) is 4.64. The Morgan fingerprint density at radius 3 is 2.50 bits per heavy atom. The molecule has 0 saturated heterocycles. The number of hydrogen-bond donors (Lipinski definition) is 1. The highest BCUT2D eigenvalue weighted by atomic mass is 19.1. The molecule has 0 aliphatic rings. The first-order chi connectivity index (χ1) is 12.7. The fourth-order valence-corrected chi connectivity index (χ4v) is 3.28. The van der Waals surface area contributed by atoms with Gasteiger partial charge in [0, 0.05) is 13.2 Å². The van der Waals surface area contributed by atoms with Crippen LogP contribution in [-0.4, -0.2) is 9.78 Å². The minimum Gasteiger partial charge on any atom is -0.375 e. The fraction of sp³-hybridized carbons (Fsp3) is 0.318. The van der Waals surface area contributed by atoms with Crippen LogP contribution in [0, 0.1) is 5.82 Å². The molecule has 0 saturated carbocycles. The quantitative estimate of drug-likeness (QED) is 0.597. The van der Waals surface area contributed by atoms with Gasteiger partial charge in [0.05, 0.1) is 17.4 Å². The number of benzene rings is 2. The lowest BCUT2D eigenvalue weighted by Crippen LogP contribution is -2.12. The molecule has 0 fully saturated rings. The van der Waals surface area contributed by atoms with Crippen molar-refractivity contribution in [3.8, 4) is 0 Å². The molecule has 26 heavy (non-hydrogen) atoms. The molecule has 3 aromatic rings. The van der Waals surface area contributed by atoms with Crippen LogP contribution in [0.25, 0.3) is 0 Å². The maximum atomic E-state index is 13.3. The van der Waals surface area contributed by atoms with Crippen LogP contribution in [0.5, 0.6) is 0 Å². The third kappa shape index (κ3) is 4.72. The van der Waals surface area contributed by atoms with Crippen molar-refractivity contribution in [2.24, 2.45) is 7.05 Å². The average Bonchev–Trinajstić information content (AvgIpc) is 3.02. The highest BCUT2D eigenvalue weighted by Gasteiger charge is 2.15. The first kappa shape index (κ1) is 18.2. The number of anilines is 1. The van der Waals surface area contributed by atoms with Crippen LogP contribution in [-0.2, 0) is 19.9 Å². The molecule has 0 radical (unpaired) electrons. The molecule has 0 bridgehead atoms. The van der Waals surface area contributed by atoms with E-state index >= 15 is 0 Å². The van der Waals surface area contributed by atoms with Gasteiger partial charge in [-0.1, -0.05) is 49.4 Å². The van der Waals surface area contributed by atoms with Crippen molar-refractivity contribution in [1.82, 2.24) is 9.78 Å². The lowest BCUT2D eigenvalue weighted by molar-refractivity contribution is 0.619. The average molecular weight is 351 g/mol. The van der Waals surface area contributed by atoms with Gasteiger partial charge in [0.1, 0.15) is 5.82 Å². The lowest BCUT2D eigenvalue weighted by atomic mass is 9.98. The maximum absolute atomic E-state index is 13.3. The van der Waals surface area contributed by atoms with Crippen LogP contribution < -0.4 is 5.32 Å². The second-order valence-electron chi connectivity index (χ2n) is 6.64. The fourth-order valence-electron chi connectivity index (χ4n) is 3.28. The molecule has 1 N–H and O–H groups in total. The van der Waals surface area contributed by atoms with Crippen molar-refractivity contribution < 1.29 is 4.39 Å². The largest absolute Gasteiger partial charge is 0.375 e. The summed E-state index contributed by atoms with van der Waals surface area (Å²) in [7, 11) is 1.94. The minimum absolute atomic E-state index is 0.133. The van der Waals surface area contributed by atoms with E-state index in [0.29, 0.717) is 0 Å². The SMILES string of the molecule is CCc1nn(C)cc1NC(CCCc1ccccc1)c1ccc(F)cc1. The van der Waals surface area contributed by atoms with Gasteiger partial charge in [-0.2, -0.15) is 5.10 Å². The predicted octanol–water partition coefficient (Wildman–Crippen LogP) is 5.30. The summed E-state index contributed by atoms with van der Waals surface area (Å²) < 4.78 is 15.2. The van der Waals surface area contributed by atoms with Gasteiger partial charge in [-0.3, -0.25) is 4.68 Å². The van der Waals surface area contributed by atoms with Crippen molar-refractivity contribution in [2.45, 2.75) is 38.6 Å². The van der Waals surface area contributed by atoms with Crippen LogP contribution in [0.1, 0.15) is 42.6 Å².